The van der Waals surface area contributed by atoms with Crippen LogP contribution in [-0.2, 0) is 12.6 Å². The molecule has 1 aromatic rings. The average molecular weight is 233 g/mol. The maximum Gasteiger partial charge on any atom is 0.416 e. The van der Waals surface area contributed by atoms with E-state index in [1.807, 2.05) is 0 Å². The van der Waals surface area contributed by atoms with Crippen LogP contribution in [0.5, 0.6) is 0 Å². The number of rotatable bonds is 3. The fourth-order valence-corrected chi connectivity index (χ4v) is 1.16. The van der Waals surface area contributed by atoms with Gasteiger partial charge in [-0.1, -0.05) is 5.11 Å². The molecule has 0 bridgehead atoms. The second kappa shape index (κ2) is 4.85. The van der Waals surface area contributed by atoms with Gasteiger partial charge < -0.3 is 0 Å². The van der Waals surface area contributed by atoms with E-state index >= 15 is 0 Å². The van der Waals surface area contributed by atoms with E-state index in [9.17, 15) is 17.6 Å². The number of alkyl halides is 3. The van der Waals surface area contributed by atoms with Gasteiger partial charge in [-0.05, 0) is 35.7 Å². The molecule has 1 aromatic carbocycles. The zero-order valence-corrected chi connectivity index (χ0v) is 8.00. The molecule has 0 aromatic heterocycles. The number of halogens is 4. The fourth-order valence-electron chi connectivity index (χ4n) is 1.16. The van der Waals surface area contributed by atoms with Gasteiger partial charge in [0.1, 0.15) is 5.82 Å². The monoisotopic (exact) mass is 233 g/mol. The number of hydrogen-bond acceptors (Lipinski definition) is 1. The van der Waals surface area contributed by atoms with Crippen LogP contribution in [-0.4, -0.2) is 6.54 Å². The second-order valence-corrected chi connectivity index (χ2v) is 3.01. The van der Waals surface area contributed by atoms with E-state index in [1.165, 1.54) is 0 Å². The molecule has 0 N–H and O–H groups in total. The second-order valence-electron chi connectivity index (χ2n) is 3.01. The quantitative estimate of drug-likeness (QED) is 0.331. The summed E-state index contributed by atoms with van der Waals surface area (Å²) in [5.74, 6) is -0.735. The first kappa shape index (κ1) is 12.3. The highest BCUT2D eigenvalue weighted by Gasteiger charge is 2.30. The Morgan fingerprint density at radius 1 is 1.31 bits per heavy atom. The summed E-state index contributed by atoms with van der Waals surface area (Å²) in [6.07, 6.45) is -4.55. The first-order valence-corrected chi connectivity index (χ1v) is 4.31. The molecule has 0 saturated carbocycles. The molecule has 3 nitrogen and oxygen atoms in total. The van der Waals surface area contributed by atoms with Crippen molar-refractivity contribution in [1.29, 1.82) is 0 Å². The van der Waals surface area contributed by atoms with Crippen LogP contribution in [0.4, 0.5) is 17.6 Å². The minimum Gasteiger partial charge on any atom is -0.207 e. The SMILES string of the molecule is [N-]=[N+]=NCCc1cc(C(F)(F)F)ccc1F. The molecule has 7 heteroatoms. The van der Waals surface area contributed by atoms with Crippen molar-refractivity contribution < 1.29 is 17.6 Å². The standard InChI is InChI=1S/C9H7F4N3/c10-8-2-1-7(9(11,12)13)5-6(8)3-4-15-16-14/h1-2,5H,3-4H2. The van der Waals surface area contributed by atoms with Crippen LogP contribution in [0.2, 0.25) is 0 Å². The molecule has 0 aliphatic heterocycles. The summed E-state index contributed by atoms with van der Waals surface area (Å²) >= 11 is 0. The number of hydrogen-bond donors (Lipinski definition) is 0. The lowest BCUT2D eigenvalue weighted by molar-refractivity contribution is -0.137. The Kier molecular flexibility index (Phi) is 3.73. The van der Waals surface area contributed by atoms with Gasteiger partial charge >= 0.3 is 6.18 Å². The van der Waals surface area contributed by atoms with Crippen LogP contribution in [0.3, 0.4) is 0 Å². The van der Waals surface area contributed by atoms with Crippen molar-refractivity contribution in [2.45, 2.75) is 12.6 Å². The third-order valence-electron chi connectivity index (χ3n) is 1.92. The van der Waals surface area contributed by atoms with Crippen molar-refractivity contribution in [2.24, 2.45) is 5.11 Å². The molecule has 0 spiro atoms. The van der Waals surface area contributed by atoms with Gasteiger partial charge in [0.05, 0.1) is 5.56 Å². The first-order chi connectivity index (χ1) is 7.45. The van der Waals surface area contributed by atoms with Gasteiger partial charge in [-0.3, -0.25) is 0 Å². The van der Waals surface area contributed by atoms with Crippen molar-refractivity contribution >= 4 is 0 Å². The molecule has 0 amide bonds. The van der Waals surface area contributed by atoms with Gasteiger partial charge in [-0.25, -0.2) is 4.39 Å². The van der Waals surface area contributed by atoms with Crippen molar-refractivity contribution in [3.8, 4) is 0 Å². The van der Waals surface area contributed by atoms with E-state index in [-0.39, 0.29) is 18.5 Å². The minimum absolute atomic E-state index is 0.0557. The number of nitrogens with zero attached hydrogens (tertiary/aromatic N) is 3. The van der Waals surface area contributed by atoms with Crippen LogP contribution in [0.15, 0.2) is 23.3 Å². The molecule has 0 atom stereocenters. The minimum atomic E-state index is -4.50. The predicted octanol–water partition coefficient (Wildman–Crippen LogP) is 3.70. The molecule has 0 radical (unpaired) electrons. The van der Waals surface area contributed by atoms with Gasteiger partial charge in [0.25, 0.3) is 0 Å². The van der Waals surface area contributed by atoms with Crippen LogP contribution in [0, 0.1) is 5.82 Å². The molecule has 0 saturated heterocycles. The third kappa shape index (κ3) is 3.13. The molecule has 16 heavy (non-hydrogen) atoms. The Hall–Kier alpha value is -1.75. The van der Waals surface area contributed by atoms with Gasteiger partial charge in [0.15, 0.2) is 0 Å². The third-order valence-corrected chi connectivity index (χ3v) is 1.92. The Balaban J connectivity index is 2.95. The smallest absolute Gasteiger partial charge is 0.207 e. The molecule has 1 rings (SSSR count). The molecular formula is C9H7F4N3. The summed E-state index contributed by atoms with van der Waals surface area (Å²) in [4.78, 5) is 2.43. The average Bonchev–Trinajstić information content (AvgIpc) is 2.19. The molecule has 0 fully saturated rings. The predicted molar refractivity (Wildman–Crippen MR) is 49.1 cm³/mol. The highest BCUT2D eigenvalue weighted by Crippen LogP contribution is 2.30. The number of benzene rings is 1. The molecule has 0 unspecified atom stereocenters. The number of azide groups is 1. The topological polar surface area (TPSA) is 48.8 Å². The van der Waals surface area contributed by atoms with Crippen molar-refractivity contribution in [2.75, 3.05) is 6.54 Å². The molecule has 0 heterocycles. The van der Waals surface area contributed by atoms with E-state index < -0.39 is 17.6 Å². The van der Waals surface area contributed by atoms with Gasteiger partial charge in [0.2, 0.25) is 0 Å². The lowest BCUT2D eigenvalue weighted by Gasteiger charge is -2.08. The Morgan fingerprint density at radius 3 is 2.56 bits per heavy atom. The van der Waals surface area contributed by atoms with E-state index in [1.54, 1.807) is 0 Å². The van der Waals surface area contributed by atoms with Gasteiger partial charge in [-0.15, -0.1) is 0 Å². The first-order valence-electron chi connectivity index (χ1n) is 4.31. The summed E-state index contributed by atoms with van der Waals surface area (Å²) < 4.78 is 49.9. The Labute approximate surface area is 88.3 Å². The highest BCUT2D eigenvalue weighted by molar-refractivity contribution is 5.27. The van der Waals surface area contributed by atoms with E-state index in [0.717, 1.165) is 12.1 Å². The van der Waals surface area contributed by atoms with E-state index in [2.05, 4.69) is 10.0 Å². The van der Waals surface area contributed by atoms with E-state index in [4.69, 9.17) is 5.53 Å². The Morgan fingerprint density at radius 2 is 2.00 bits per heavy atom. The summed E-state index contributed by atoms with van der Waals surface area (Å²) in [5, 5.41) is 3.13. The normalized spacial score (nSPS) is 11.0. The van der Waals surface area contributed by atoms with Crippen LogP contribution >= 0.6 is 0 Å². The van der Waals surface area contributed by atoms with Crippen molar-refractivity contribution in [3.05, 3.63) is 45.6 Å². The van der Waals surface area contributed by atoms with E-state index in [0.29, 0.717) is 6.07 Å². The largest absolute Gasteiger partial charge is 0.416 e. The maximum atomic E-state index is 13.1. The van der Waals surface area contributed by atoms with Crippen molar-refractivity contribution in [3.63, 3.8) is 0 Å². The lowest BCUT2D eigenvalue weighted by Crippen LogP contribution is -2.06. The summed E-state index contributed by atoms with van der Waals surface area (Å²) in [6.45, 7) is -0.0747. The lowest BCUT2D eigenvalue weighted by atomic mass is 10.1. The summed E-state index contributed by atoms with van der Waals surface area (Å²) in [5.41, 5.74) is 6.96. The zero-order chi connectivity index (χ0) is 12.2. The summed E-state index contributed by atoms with van der Waals surface area (Å²) in [6, 6.07) is 2.16. The fraction of sp³-hybridized carbons (Fsp3) is 0.333. The molecular weight excluding hydrogens is 226 g/mol. The molecule has 0 aliphatic rings. The van der Waals surface area contributed by atoms with Gasteiger partial charge in [0, 0.05) is 11.5 Å². The Bertz CT molecular complexity index is 421. The highest BCUT2D eigenvalue weighted by atomic mass is 19.4. The van der Waals surface area contributed by atoms with Gasteiger partial charge in [-0.2, -0.15) is 13.2 Å². The molecule has 0 aliphatic carbocycles. The summed E-state index contributed by atoms with van der Waals surface area (Å²) in [7, 11) is 0. The van der Waals surface area contributed by atoms with Crippen LogP contribution in [0.25, 0.3) is 10.4 Å². The van der Waals surface area contributed by atoms with Crippen molar-refractivity contribution in [1.82, 2.24) is 0 Å². The van der Waals surface area contributed by atoms with Crippen LogP contribution < -0.4 is 0 Å². The molecule has 86 valence electrons. The zero-order valence-electron chi connectivity index (χ0n) is 8.00. The van der Waals surface area contributed by atoms with Crippen LogP contribution in [0.1, 0.15) is 11.1 Å². The maximum absolute atomic E-state index is 13.1.